The number of amides is 1. The van der Waals surface area contributed by atoms with Crippen LogP contribution in [-0.4, -0.2) is 28.1 Å². The Morgan fingerprint density at radius 3 is 2.42 bits per heavy atom. The molecule has 122 valence electrons. The molecule has 0 unspecified atom stereocenters. The molecule has 2 rings (SSSR count). The van der Waals surface area contributed by atoms with Crippen LogP contribution in [0.1, 0.15) is 26.3 Å². The van der Waals surface area contributed by atoms with E-state index in [4.69, 9.17) is 16.7 Å². The van der Waals surface area contributed by atoms with E-state index in [0.717, 1.165) is 12.1 Å². The van der Waals surface area contributed by atoms with Crippen molar-refractivity contribution in [1.29, 1.82) is 0 Å². The number of hydrogen-bond donors (Lipinski definition) is 2. The molecule has 2 N–H and O–H groups in total. The van der Waals surface area contributed by atoms with E-state index in [9.17, 15) is 19.7 Å². The second kappa shape index (κ2) is 7.34. The lowest BCUT2D eigenvalue weighted by molar-refractivity contribution is -0.384. The van der Waals surface area contributed by atoms with Crippen molar-refractivity contribution in [2.24, 2.45) is 5.10 Å². The Bertz CT molecular complexity index is 834. The molecule has 0 aromatic heterocycles. The van der Waals surface area contributed by atoms with Gasteiger partial charge in [0.1, 0.15) is 0 Å². The third kappa shape index (κ3) is 4.14. The highest BCUT2D eigenvalue weighted by Gasteiger charge is 2.14. The van der Waals surface area contributed by atoms with Crippen LogP contribution in [0.4, 0.5) is 5.69 Å². The molecule has 0 heterocycles. The molecule has 0 aliphatic rings. The normalized spacial score (nSPS) is 10.5. The van der Waals surface area contributed by atoms with Crippen molar-refractivity contribution in [1.82, 2.24) is 5.43 Å². The molecule has 2 aromatic carbocycles. The van der Waals surface area contributed by atoms with Gasteiger partial charge in [-0.15, -0.1) is 0 Å². The van der Waals surface area contributed by atoms with E-state index in [1.807, 2.05) is 0 Å². The second-order valence-corrected chi connectivity index (χ2v) is 4.95. The minimum atomic E-state index is -1.04. The first-order valence-electron chi connectivity index (χ1n) is 6.49. The Hall–Kier alpha value is -3.26. The first kappa shape index (κ1) is 17.1. The summed E-state index contributed by atoms with van der Waals surface area (Å²) in [7, 11) is 0. The summed E-state index contributed by atoms with van der Waals surface area (Å²) < 4.78 is 0. The van der Waals surface area contributed by atoms with Gasteiger partial charge in [-0.3, -0.25) is 14.9 Å². The quantitative estimate of drug-likeness (QED) is 0.489. The second-order valence-electron chi connectivity index (χ2n) is 4.55. The summed E-state index contributed by atoms with van der Waals surface area (Å²) in [6.07, 6.45) is 1.32. The third-order valence-corrected chi connectivity index (χ3v) is 3.26. The average Bonchev–Trinajstić information content (AvgIpc) is 2.55. The van der Waals surface area contributed by atoms with Crippen LogP contribution in [0.2, 0.25) is 5.02 Å². The fourth-order valence-corrected chi connectivity index (χ4v) is 2.00. The number of carbonyl (C=O) groups excluding carboxylic acids is 1. The topological polar surface area (TPSA) is 122 Å². The molecule has 1 amide bonds. The zero-order valence-electron chi connectivity index (χ0n) is 12.0. The largest absolute Gasteiger partial charge is 0.478 e. The third-order valence-electron chi connectivity index (χ3n) is 2.95. The molecule has 8 nitrogen and oxygen atoms in total. The zero-order valence-corrected chi connectivity index (χ0v) is 12.7. The van der Waals surface area contributed by atoms with Crippen LogP contribution >= 0.6 is 11.6 Å². The highest BCUT2D eigenvalue weighted by molar-refractivity contribution is 6.34. The number of carboxylic acid groups (broad SMARTS) is 1. The number of benzene rings is 2. The lowest BCUT2D eigenvalue weighted by Crippen LogP contribution is -2.18. The number of halogens is 1. The maximum absolute atomic E-state index is 11.9. The van der Waals surface area contributed by atoms with Crippen LogP contribution in [0.5, 0.6) is 0 Å². The van der Waals surface area contributed by atoms with Gasteiger partial charge in [-0.2, -0.15) is 5.10 Å². The van der Waals surface area contributed by atoms with Gasteiger partial charge < -0.3 is 5.11 Å². The van der Waals surface area contributed by atoms with E-state index in [1.54, 1.807) is 0 Å². The van der Waals surface area contributed by atoms with Crippen LogP contribution < -0.4 is 5.43 Å². The van der Waals surface area contributed by atoms with Gasteiger partial charge in [0.05, 0.1) is 27.3 Å². The summed E-state index contributed by atoms with van der Waals surface area (Å²) in [5.41, 5.74) is 2.76. The van der Waals surface area contributed by atoms with Crippen molar-refractivity contribution in [3.8, 4) is 0 Å². The summed E-state index contributed by atoms with van der Waals surface area (Å²) in [6, 6.07) is 9.32. The van der Waals surface area contributed by atoms with Crippen molar-refractivity contribution in [3.63, 3.8) is 0 Å². The van der Waals surface area contributed by atoms with Crippen molar-refractivity contribution < 1.29 is 19.6 Å². The summed E-state index contributed by atoms with van der Waals surface area (Å²) in [4.78, 5) is 32.6. The van der Waals surface area contributed by atoms with Gasteiger partial charge in [-0.05, 0) is 23.8 Å². The zero-order chi connectivity index (χ0) is 17.7. The van der Waals surface area contributed by atoms with Gasteiger partial charge >= 0.3 is 5.97 Å². The summed E-state index contributed by atoms with van der Waals surface area (Å²) >= 11 is 5.84. The number of nitrogens with one attached hydrogen (secondary N) is 1. The number of rotatable bonds is 5. The molecule has 0 radical (unpaired) electrons. The van der Waals surface area contributed by atoms with Gasteiger partial charge in [-0.1, -0.05) is 23.7 Å². The van der Waals surface area contributed by atoms with E-state index in [0.29, 0.717) is 5.56 Å². The fraction of sp³-hybridized carbons (Fsp3) is 0. The molecular formula is C15H10ClN3O5. The summed E-state index contributed by atoms with van der Waals surface area (Å²) in [5, 5.41) is 23.1. The Morgan fingerprint density at radius 1 is 1.21 bits per heavy atom. The summed E-state index contributed by atoms with van der Waals surface area (Å²) in [6.45, 7) is 0. The molecule has 0 saturated carbocycles. The predicted octanol–water partition coefficient (Wildman–Crippen LogP) is 2.71. The molecule has 9 heteroatoms. The monoisotopic (exact) mass is 347 g/mol. The molecule has 0 fully saturated rings. The molecule has 0 spiro atoms. The Balaban J connectivity index is 2.04. The van der Waals surface area contributed by atoms with Gasteiger partial charge in [0.2, 0.25) is 0 Å². The number of non-ortho nitro benzene ring substituents is 1. The minimum Gasteiger partial charge on any atom is -0.478 e. The van der Waals surface area contributed by atoms with Crippen LogP contribution in [0, 0.1) is 10.1 Å². The number of carboxylic acids is 1. The van der Waals surface area contributed by atoms with Crippen LogP contribution in [0.15, 0.2) is 47.6 Å². The van der Waals surface area contributed by atoms with Gasteiger partial charge in [0.15, 0.2) is 0 Å². The van der Waals surface area contributed by atoms with Crippen molar-refractivity contribution in [3.05, 3.63) is 74.3 Å². The average molecular weight is 348 g/mol. The maximum atomic E-state index is 11.9. The van der Waals surface area contributed by atoms with E-state index >= 15 is 0 Å². The SMILES string of the molecule is O=C(O)c1ccc(/C=N/NC(=O)c2ccc([N+](=O)[O-])cc2Cl)cc1. The summed E-state index contributed by atoms with van der Waals surface area (Å²) in [5.74, 6) is -1.67. The van der Waals surface area contributed by atoms with Crippen LogP contribution in [0.25, 0.3) is 0 Å². The lowest BCUT2D eigenvalue weighted by Gasteiger charge is -2.02. The molecule has 2 aromatic rings. The first-order chi connectivity index (χ1) is 11.4. The molecule has 0 bridgehead atoms. The molecule has 0 aliphatic heterocycles. The maximum Gasteiger partial charge on any atom is 0.335 e. The Kier molecular flexibility index (Phi) is 5.23. The highest BCUT2D eigenvalue weighted by atomic mass is 35.5. The Labute approximate surface area is 140 Å². The number of hydrogen-bond acceptors (Lipinski definition) is 5. The van der Waals surface area contributed by atoms with Crippen molar-refractivity contribution >= 4 is 35.4 Å². The number of aromatic carboxylic acids is 1. The molecule has 24 heavy (non-hydrogen) atoms. The van der Waals surface area contributed by atoms with Gasteiger partial charge in [-0.25, -0.2) is 10.2 Å². The van der Waals surface area contributed by atoms with E-state index in [-0.39, 0.29) is 21.8 Å². The number of nitro groups is 1. The first-order valence-corrected chi connectivity index (χ1v) is 6.87. The fourth-order valence-electron chi connectivity index (χ4n) is 1.74. The highest BCUT2D eigenvalue weighted by Crippen LogP contribution is 2.22. The predicted molar refractivity (Wildman–Crippen MR) is 86.6 cm³/mol. The molecule has 0 atom stereocenters. The number of nitrogens with zero attached hydrogens (tertiary/aromatic N) is 2. The van der Waals surface area contributed by atoms with E-state index < -0.39 is 16.8 Å². The molecular weight excluding hydrogens is 338 g/mol. The van der Waals surface area contributed by atoms with Crippen LogP contribution in [0.3, 0.4) is 0 Å². The standard InChI is InChI=1S/C15H10ClN3O5/c16-13-7-11(19(23)24)5-6-12(13)14(20)18-17-8-9-1-3-10(4-2-9)15(21)22/h1-8H,(H,18,20)(H,21,22)/b17-8+. The van der Waals surface area contributed by atoms with E-state index in [1.165, 1.54) is 36.5 Å². The molecule has 0 aliphatic carbocycles. The van der Waals surface area contributed by atoms with Crippen molar-refractivity contribution in [2.75, 3.05) is 0 Å². The Morgan fingerprint density at radius 2 is 1.88 bits per heavy atom. The number of carbonyl (C=O) groups is 2. The number of nitro benzene ring substituents is 1. The van der Waals surface area contributed by atoms with Crippen LogP contribution in [-0.2, 0) is 0 Å². The van der Waals surface area contributed by atoms with Gasteiger partial charge in [0.25, 0.3) is 11.6 Å². The number of hydrazone groups is 1. The minimum absolute atomic E-state index is 0.0423. The van der Waals surface area contributed by atoms with Crippen molar-refractivity contribution in [2.45, 2.75) is 0 Å². The van der Waals surface area contributed by atoms with E-state index in [2.05, 4.69) is 10.5 Å². The lowest BCUT2D eigenvalue weighted by atomic mass is 10.1. The smallest absolute Gasteiger partial charge is 0.335 e. The van der Waals surface area contributed by atoms with Gasteiger partial charge in [0, 0.05) is 12.1 Å². The molecule has 0 saturated heterocycles.